The molecule has 0 aliphatic heterocycles. The van der Waals surface area contributed by atoms with E-state index >= 15 is 0 Å². The van der Waals surface area contributed by atoms with Crippen LogP contribution in [-0.4, -0.2) is 6.61 Å². The zero-order valence-electron chi connectivity index (χ0n) is 10.9. The minimum Gasteiger partial charge on any atom is -0.494 e. The zero-order chi connectivity index (χ0) is 12.8. The minimum atomic E-state index is 0.439. The van der Waals surface area contributed by atoms with Gasteiger partial charge in [0.05, 0.1) is 12.9 Å². The molecule has 1 nitrogen and oxygen atoms in total. The molecule has 0 heterocycles. The summed E-state index contributed by atoms with van der Waals surface area (Å²) < 4.78 is 17.6. The van der Waals surface area contributed by atoms with Crippen molar-refractivity contribution in [3.63, 3.8) is 0 Å². The van der Waals surface area contributed by atoms with E-state index in [1.807, 2.05) is 19.1 Å². The van der Waals surface area contributed by atoms with Crippen LogP contribution in [0.5, 0.6) is 5.75 Å². The Morgan fingerprint density at radius 2 is 1.83 bits per heavy atom. The third kappa shape index (κ3) is 3.34. The summed E-state index contributed by atoms with van der Waals surface area (Å²) in [5.41, 5.74) is 1.39. The van der Waals surface area contributed by atoms with Gasteiger partial charge in [-0.1, -0.05) is 18.2 Å². The Hall–Kier alpha value is -1.31. The highest BCUT2D eigenvalue weighted by Gasteiger charge is 2.20. The molecular weight excluding hydrogens is 227 g/mol. The number of hydrogen-bond acceptors (Lipinski definition) is 1. The number of benzene rings is 1. The zero-order valence-corrected chi connectivity index (χ0v) is 10.9. The topological polar surface area (TPSA) is 9.23 Å². The summed E-state index contributed by atoms with van der Waals surface area (Å²) in [5.74, 6) is 2.01. The van der Waals surface area contributed by atoms with Crippen LogP contribution in [-0.2, 0) is 0 Å². The van der Waals surface area contributed by atoms with E-state index in [2.05, 4.69) is 12.1 Å². The Bertz CT molecular complexity index is 375. The van der Waals surface area contributed by atoms with E-state index < -0.39 is 0 Å². The molecule has 0 saturated heterocycles. The lowest BCUT2D eigenvalue weighted by Crippen LogP contribution is -2.11. The molecule has 0 amide bonds. The Morgan fingerprint density at radius 3 is 2.39 bits per heavy atom. The maximum atomic E-state index is 12.1. The van der Waals surface area contributed by atoms with Gasteiger partial charge in [-0.15, -0.1) is 0 Å². The lowest BCUT2D eigenvalue weighted by molar-refractivity contribution is 0.339. The molecular formula is C16H21FO. The average molecular weight is 248 g/mol. The average Bonchev–Trinajstić information content (AvgIpc) is 2.41. The predicted molar refractivity (Wildman–Crippen MR) is 72.6 cm³/mol. The van der Waals surface area contributed by atoms with Gasteiger partial charge >= 0.3 is 0 Å². The van der Waals surface area contributed by atoms with Crippen molar-refractivity contribution in [1.82, 2.24) is 0 Å². The van der Waals surface area contributed by atoms with Crippen LogP contribution in [0, 0.1) is 5.92 Å². The molecule has 0 aromatic heterocycles. The fourth-order valence-electron chi connectivity index (χ4n) is 2.75. The number of ether oxygens (including phenoxy) is 1. The third-order valence-electron chi connectivity index (χ3n) is 3.78. The molecule has 1 aliphatic carbocycles. The van der Waals surface area contributed by atoms with E-state index in [0.29, 0.717) is 24.8 Å². The van der Waals surface area contributed by atoms with Crippen LogP contribution >= 0.6 is 0 Å². The summed E-state index contributed by atoms with van der Waals surface area (Å²) >= 11 is 0. The lowest BCUT2D eigenvalue weighted by atomic mass is 9.79. The fourth-order valence-corrected chi connectivity index (χ4v) is 2.75. The summed E-state index contributed by atoms with van der Waals surface area (Å²) in [4.78, 5) is 0. The largest absolute Gasteiger partial charge is 0.494 e. The first-order valence-electron chi connectivity index (χ1n) is 6.83. The molecule has 2 heteroatoms. The minimum absolute atomic E-state index is 0.439. The van der Waals surface area contributed by atoms with Crippen LogP contribution in [0.3, 0.4) is 0 Å². The molecule has 0 spiro atoms. The molecule has 18 heavy (non-hydrogen) atoms. The van der Waals surface area contributed by atoms with Crippen molar-refractivity contribution in [2.45, 2.75) is 38.5 Å². The summed E-state index contributed by atoms with van der Waals surface area (Å²) in [6.45, 7) is 2.70. The van der Waals surface area contributed by atoms with Crippen LogP contribution in [0.15, 0.2) is 36.7 Å². The maximum absolute atomic E-state index is 12.1. The van der Waals surface area contributed by atoms with Gasteiger partial charge in [-0.2, -0.15) is 0 Å². The van der Waals surface area contributed by atoms with E-state index in [9.17, 15) is 4.39 Å². The molecule has 1 fully saturated rings. The number of halogens is 1. The van der Waals surface area contributed by atoms with Gasteiger partial charge in [0.15, 0.2) is 0 Å². The van der Waals surface area contributed by atoms with E-state index in [0.717, 1.165) is 31.4 Å². The van der Waals surface area contributed by atoms with Crippen LogP contribution in [0.25, 0.3) is 0 Å². The molecule has 0 N–H and O–H groups in total. The maximum Gasteiger partial charge on any atom is 0.119 e. The number of hydrogen-bond donors (Lipinski definition) is 0. The predicted octanol–water partition coefficient (Wildman–Crippen LogP) is 4.84. The van der Waals surface area contributed by atoms with E-state index in [-0.39, 0.29) is 0 Å². The molecule has 0 bridgehead atoms. The third-order valence-corrected chi connectivity index (χ3v) is 3.78. The van der Waals surface area contributed by atoms with Crippen LogP contribution in [0.2, 0.25) is 0 Å². The molecule has 1 aromatic rings. The Labute approximate surface area is 109 Å². The first-order chi connectivity index (χ1) is 8.83. The highest BCUT2D eigenvalue weighted by molar-refractivity contribution is 5.29. The standard InChI is InChI=1S/C16H21FO/c1-2-18-16-9-7-15(8-10-16)14-5-3-13(4-6-14)11-12-17/h7-14H,2-6H2,1H3/b12-11+. The molecule has 98 valence electrons. The van der Waals surface area contributed by atoms with Gasteiger partial charge < -0.3 is 4.74 Å². The van der Waals surface area contributed by atoms with Crippen molar-refractivity contribution in [3.8, 4) is 5.75 Å². The van der Waals surface area contributed by atoms with Crippen molar-refractivity contribution in [2.24, 2.45) is 5.92 Å². The van der Waals surface area contributed by atoms with Gasteiger partial charge in [0.1, 0.15) is 5.75 Å². The molecule has 2 rings (SSSR count). The van der Waals surface area contributed by atoms with Crippen molar-refractivity contribution < 1.29 is 9.13 Å². The van der Waals surface area contributed by atoms with Crippen molar-refractivity contribution in [1.29, 1.82) is 0 Å². The highest BCUT2D eigenvalue weighted by atomic mass is 19.1. The first kappa shape index (κ1) is 13.1. The smallest absolute Gasteiger partial charge is 0.119 e. The lowest BCUT2D eigenvalue weighted by Gasteiger charge is -2.26. The van der Waals surface area contributed by atoms with Crippen molar-refractivity contribution in [2.75, 3.05) is 6.61 Å². The van der Waals surface area contributed by atoms with Crippen LogP contribution in [0.1, 0.15) is 44.1 Å². The second kappa shape index (κ2) is 6.58. The van der Waals surface area contributed by atoms with Gasteiger partial charge in [0.25, 0.3) is 0 Å². The van der Waals surface area contributed by atoms with Gasteiger partial charge in [0, 0.05) is 0 Å². The van der Waals surface area contributed by atoms with E-state index in [1.165, 1.54) is 5.56 Å². The Kier molecular flexibility index (Phi) is 4.80. The fraction of sp³-hybridized carbons (Fsp3) is 0.500. The van der Waals surface area contributed by atoms with E-state index in [1.54, 1.807) is 6.08 Å². The van der Waals surface area contributed by atoms with Crippen LogP contribution < -0.4 is 4.74 Å². The Morgan fingerprint density at radius 1 is 1.17 bits per heavy atom. The van der Waals surface area contributed by atoms with Crippen molar-refractivity contribution in [3.05, 3.63) is 42.2 Å². The number of allylic oxidation sites excluding steroid dienone is 1. The Balaban J connectivity index is 1.92. The molecule has 1 saturated carbocycles. The van der Waals surface area contributed by atoms with Gasteiger partial charge in [-0.05, 0) is 62.1 Å². The first-order valence-corrected chi connectivity index (χ1v) is 6.83. The molecule has 0 radical (unpaired) electrons. The van der Waals surface area contributed by atoms with Gasteiger partial charge in [0.2, 0.25) is 0 Å². The quantitative estimate of drug-likeness (QED) is 0.740. The second-order valence-electron chi connectivity index (χ2n) is 4.93. The normalized spacial score (nSPS) is 24.3. The van der Waals surface area contributed by atoms with Gasteiger partial charge in [-0.25, -0.2) is 4.39 Å². The molecule has 1 aromatic carbocycles. The summed E-state index contributed by atoms with van der Waals surface area (Å²) in [6, 6.07) is 8.43. The second-order valence-corrected chi connectivity index (χ2v) is 4.93. The van der Waals surface area contributed by atoms with Crippen LogP contribution in [0.4, 0.5) is 4.39 Å². The summed E-state index contributed by atoms with van der Waals surface area (Å²) in [7, 11) is 0. The van der Waals surface area contributed by atoms with E-state index in [4.69, 9.17) is 4.74 Å². The highest BCUT2D eigenvalue weighted by Crippen LogP contribution is 2.36. The summed E-state index contributed by atoms with van der Waals surface area (Å²) in [6.07, 6.45) is 6.90. The van der Waals surface area contributed by atoms with Gasteiger partial charge in [-0.3, -0.25) is 0 Å². The SMILES string of the molecule is CCOc1ccc(C2CCC(/C=C/F)CC2)cc1. The van der Waals surface area contributed by atoms with Crippen molar-refractivity contribution >= 4 is 0 Å². The summed E-state index contributed by atoms with van der Waals surface area (Å²) in [5, 5.41) is 0. The monoisotopic (exact) mass is 248 g/mol. The molecule has 0 atom stereocenters. The molecule has 1 aliphatic rings. The number of rotatable bonds is 4. The molecule has 0 unspecified atom stereocenters.